The molecule has 3 amide bonds. The van der Waals surface area contributed by atoms with E-state index in [9.17, 15) is 14.4 Å². The van der Waals surface area contributed by atoms with Crippen molar-refractivity contribution < 1.29 is 14.4 Å². The summed E-state index contributed by atoms with van der Waals surface area (Å²) in [7, 11) is 0. The fraction of sp³-hybridized carbons (Fsp3) is 0.143. The zero-order valence-electron chi connectivity index (χ0n) is 15.4. The van der Waals surface area contributed by atoms with Gasteiger partial charge >= 0.3 is 0 Å². The summed E-state index contributed by atoms with van der Waals surface area (Å²) in [4.78, 5) is 43.2. The number of hydrogen-bond donors (Lipinski definition) is 1. The number of aryl methyl sites for hydroxylation is 1. The van der Waals surface area contributed by atoms with E-state index in [2.05, 4.69) is 17.2 Å². The highest BCUT2D eigenvalue weighted by Gasteiger charge is 2.40. The molecule has 2 aromatic carbocycles. The van der Waals surface area contributed by atoms with E-state index in [1.807, 2.05) is 24.3 Å². The molecule has 28 heavy (non-hydrogen) atoms. The molecule has 4 rings (SSSR count). The minimum atomic E-state index is -0.486. The van der Waals surface area contributed by atoms with Gasteiger partial charge in [0.2, 0.25) is 5.91 Å². The molecule has 0 spiro atoms. The molecule has 2 aromatic rings. The molecule has 2 aliphatic rings. The summed E-state index contributed by atoms with van der Waals surface area (Å²) >= 11 is 1.11. The molecule has 0 aliphatic carbocycles. The van der Waals surface area contributed by atoms with Crippen molar-refractivity contribution >= 4 is 51.6 Å². The van der Waals surface area contributed by atoms with Crippen LogP contribution in [0, 0.1) is 0 Å². The number of nitrogens with one attached hydrogen (secondary N) is 1. The van der Waals surface area contributed by atoms with E-state index >= 15 is 0 Å². The lowest BCUT2D eigenvalue weighted by molar-refractivity contribution is -0.122. The highest BCUT2D eigenvalue weighted by Crippen LogP contribution is 2.42. The third-order valence-corrected chi connectivity index (χ3v) is 5.55. The van der Waals surface area contributed by atoms with Gasteiger partial charge < -0.3 is 5.32 Å². The highest BCUT2D eigenvalue weighted by atomic mass is 32.2. The number of hydrogen-bond acceptors (Lipinski definition) is 5. The lowest BCUT2D eigenvalue weighted by atomic mass is 10.1. The van der Waals surface area contributed by atoms with Crippen molar-refractivity contribution in [1.82, 2.24) is 5.32 Å². The van der Waals surface area contributed by atoms with Gasteiger partial charge in [-0.1, -0.05) is 37.3 Å². The van der Waals surface area contributed by atoms with Gasteiger partial charge in [-0.25, -0.2) is 9.89 Å². The standard InChI is InChI=1S/C21H17N3O3S/c1-3-13-8-10-14(11-9-13)22-21-23-19(26)18(28-21)17-15-6-4-5-7-16(15)24(12(2)25)20(17)27/h4-11H,3H2,1-2H3,(H,22,23,26)/b18-17-. The molecule has 0 unspecified atom stereocenters. The Labute approximate surface area is 166 Å². The Bertz CT molecular complexity index is 1070. The number of benzene rings is 2. The maximum absolute atomic E-state index is 12.9. The minimum absolute atomic E-state index is 0.236. The van der Waals surface area contributed by atoms with Gasteiger partial charge in [-0.15, -0.1) is 0 Å². The number of fused-ring (bicyclic) bond motifs is 1. The van der Waals surface area contributed by atoms with Crippen LogP contribution >= 0.6 is 11.8 Å². The van der Waals surface area contributed by atoms with Crippen molar-refractivity contribution in [2.75, 3.05) is 4.90 Å². The normalized spacial score (nSPS) is 19.9. The first-order valence-corrected chi connectivity index (χ1v) is 9.66. The van der Waals surface area contributed by atoms with E-state index in [1.165, 1.54) is 12.5 Å². The van der Waals surface area contributed by atoms with Crippen molar-refractivity contribution in [1.29, 1.82) is 0 Å². The van der Waals surface area contributed by atoms with Gasteiger partial charge in [0.15, 0.2) is 5.17 Å². The largest absolute Gasteiger partial charge is 0.300 e. The fourth-order valence-corrected chi connectivity index (χ4v) is 4.14. The summed E-state index contributed by atoms with van der Waals surface area (Å²) in [6.07, 6.45) is 0.937. The molecule has 1 fully saturated rings. The molecule has 140 valence electrons. The van der Waals surface area contributed by atoms with E-state index in [-0.39, 0.29) is 16.4 Å². The van der Waals surface area contributed by atoms with E-state index in [4.69, 9.17) is 0 Å². The molecule has 0 aromatic heterocycles. The Morgan fingerprint density at radius 1 is 1.11 bits per heavy atom. The number of imide groups is 1. The molecule has 2 heterocycles. The van der Waals surface area contributed by atoms with Crippen molar-refractivity contribution in [3.63, 3.8) is 0 Å². The molecule has 1 N–H and O–H groups in total. The monoisotopic (exact) mass is 391 g/mol. The topological polar surface area (TPSA) is 78.8 Å². The third-order valence-electron chi connectivity index (χ3n) is 4.57. The molecule has 1 saturated heterocycles. The first-order valence-electron chi connectivity index (χ1n) is 8.85. The molecule has 2 aliphatic heterocycles. The number of carbonyl (C=O) groups excluding carboxylic acids is 3. The molecule has 0 radical (unpaired) electrons. The maximum Gasteiger partial charge on any atom is 0.267 e. The third kappa shape index (κ3) is 3.03. The highest BCUT2D eigenvalue weighted by molar-refractivity contribution is 8.18. The molecule has 0 atom stereocenters. The zero-order chi connectivity index (χ0) is 19.8. The Morgan fingerprint density at radius 2 is 1.82 bits per heavy atom. The average Bonchev–Trinajstić information content (AvgIpc) is 3.18. The Morgan fingerprint density at radius 3 is 2.50 bits per heavy atom. The van der Waals surface area contributed by atoms with Crippen LogP contribution in [0.3, 0.4) is 0 Å². The van der Waals surface area contributed by atoms with Crippen LogP contribution in [0.4, 0.5) is 11.4 Å². The predicted molar refractivity (Wildman–Crippen MR) is 110 cm³/mol. The van der Waals surface area contributed by atoms with Crippen LogP contribution in [0.25, 0.3) is 5.57 Å². The number of amidine groups is 1. The average molecular weight is 391 g/mol. The van der Waals surface area contributed by atoms with Gasteiger partial charge in [0.25, 0.3) is 11.8 Å². The molecule has 0 bridgehead atoms. The van der Waals surface area contributed by atoms with Crippen LogP contribution in [-0.2, 0) is 20.8 Å². The van der Waals surface area contributed by atoms with Gasteiger partial charge in [-0.2, -0.15) is 0 Å². The molecule has 7 heteroatoms. The second kappa shape index (κ2) is 7.09. The number of para-hydroxylation sites is 1. The smallest absolute Gasteiger partial charge is 0.267 e. The van der Waals surface area contributed by atoms with Gasteiger partial charge in [0.1, 0.15) is 0 Å². The second-order valence-corrected chi connectivity index (χ2v) is 7.37. The van der Waals surface area contributed by atoms with Gasteiger partial charge in [-0.3, -0.25) is 14.4 Å². The van der Waals surface area contributed by atoms with Crippen molar-refractivity contribution in [2.24, 2.45) is 4.99 Å². The lowest BCUT2D eigenvalue weighted by Crippen LogP contribution is -2.31. The van der Waals surface area contributed by atoms with Crippen molar-refractivity contribution in [3.8, 4) is 0 Å². The number of nitrogens with zero attached hydrogens (tertiary/aromatic N) is 2. The summed E-state index contributed by atoms with van der Waals surface area (Å²) in [5.41, 5.74) is 3.23. The summed E-state index contributed by atoms with van der Waals surface area (Å²) in [5, 5.41) is 3.12. The number of rotatable bonds is 2. The van der Waals surface area contributed by atoms with Crippen molar-refractivity contribution in [3.05, 3.63) is 64.6 Å². The molecule has 0 saturated carbocycles. The summed E-state index contributed by atoms with van der Waals surface area (Å²) in [6, 6.07) is 14.7. The summed E-state index contributed by atoms with van der Waals surface area (Å²) in [6.45, 7) is 3.41. The number of anilines is 1. The van der Waals surface area contributed by atoms with Crippen LogP contribution in [0.15, 0.2) is 58.4 Å². The Balaban J connectivity index is 1.73. The quantitative estimate of drug-likeness (QED) is 0.796. The number of carbonyl (C=O) groups is 3. The van der Waals surface area contributed by atoms with E-state index in [1.54, 1.807) is 24.3 Å². The number of aliphatic imine (C=N–C) groups is 1. The van der Waals surface area contributed by atoms with Crippen LogP contribution in [-0.4, -0.2) is 22.9 Å². The fourth-order valence-electron chi connectivity index (χ4n) is 3.21. The number of amides is 3. The van der Waals surface area contributed by atoms with Gasteiger partial charge in [0.05, 0.1) is 21.9 Å². The first-order chi connectivity index (χ1) is 13.5. The van der Waals surface area contributed by atoms with Gasteiger partial charge in [0, 0.05) is 12.5 Å². The number of thioether (sulfide) groups is 1. The zero-order valence-corrected chi connectivity index (χ0v) is 16.2. The molecular formula is C21H17N3O3S. The maximum atomic E-state index is 12.9. The Hall–Kier alpha value is -3.19. The van der Waals surface area contributed by atoms with Crippen LogP contribution in [0.5, 0.6) is 0 Å². The van der Waals surface area contributed by atoms with E-state index in [0.717, 1.165) is 28.8 Å². The van der Waals surface area contributed by atoms with Crippen LogP contribution in [0.2, 0.25) is 0 Å². The van der Waals surface area contributed by atoms with E-state index < -0.39 is 11.8 Å². The first kappa shape index (κ1) is 18.2. The SMILES string of the molecule is CCc1ccc(N=C2NC(=O)/C(=C3/C(=O)N(C(C)=O)c4ccccc43)S2)cc1. The van der Waals surface area contributed by atoms with Gasteiger partial charge in [-0.05, 0) is 41.9 Å². The summed E-state index contributed by atoms with van der Waals surface area (Å²) in [5.74, 6) is -1.27. The van der Waals surface area contributed by atoms with Crippen molar-refractivity contribution in [2.45, 2.75) is 20.3 Å². The molecular weight excluding hydrogens is 374 g/mol. The van der Waals surface area contributed by atoms with Crippen LogP contribution in [0.1, 0.15) is 25.0 Å². The van der Waals surface area contributed by atoms with E-state index in [0.29, 0.717) is 16.4 Å². The molecule has 6 nitrogen and oxygen atoms in total. The van der Waals surface area contributed by atoms with Crippen LogP contribution < -0.4 is 10.2 Å². The lowest BCUT2D eigenvalue weighted by Gasteiger charge is -2.11. The summed E-state index contributed by atoms with van der Waals surface area (Å²) < 4.78 is 0. The second-order valence-electron chi connectivity index (χ2n) is 6.37. The predicted octanol–water partition coefficient (Wildman–Crippen LogP) is 3.40. The Kier molecular flexibility index (Phi) is 4.60. The minimum Gasteiger partial charge on any atom is -0.300 e.